The van der Waals surface area contributed by atoms with Gasteiger partial charge in [0.15, 0.2) is 5.76 Å². The van der Waals surface area contributed by atoms with Crippen LogP contribution < -0.4 is 0 Å². The summed E-state index contributed by atoms with van der Waals surface area (Å²) in [5, 5.41) is 8.80. The van der Waals surface area contributed by atoms with E-state index in [1.807, 2.05) is 18.0 Å². The maximum Gasteiger partial charge on any atom is 0.288 e. The average molecular weight is 325 g/mol. The maximum atomic E-state index is 12.7. The molecule has 0 bridgehead atoms. The second kappa shape index (κ2) is 9.28. The lowest BCUT2D eigenvalue weighted by molar-refractivity contribution is -0.155. The number of aliphatic hydroxyl groups excluding tert-OH is 1. The van der Waals surface area contributed by atoms with E-state index in [4.69, 9.17) is 14.6 Å². The highest BCUT2D eigenvalue weighted by Crippen LogP contribution is 2.27. The van der Waals surface area contributed by atoms with Gasteiger partial charge in [-0.1, -0.05) is 26.2 Å². The quantitative estimate of drug-likeness (QED) is 0.731. The van der Waals surface area contributed by atoms with Crippen molar-refractivity contribution in [2.75, 3.05) is 20.3 Å². The lowest BCUT2D eigenvalue weighted by atomic mass is 9.94. The van der Waals surface area contributed by atoms with Crippen LogP contribution in [0.5, 0.6) is 0 Å². The molecule has 0 aromatic carbocycles. The van der Waals surface area contributed by atoms with Crippen molar-refractivity contribution in [1.82, 2.24) is 4.90 Å². The van der Waals surface area contributed by atoms with Gasteiger partial charge in [0.05, 0.1) is 6.61 Å². The minimum atomic E-state index is -0.354. The van der Waals surface area contributed by atoms with Crippen molar-refractivity contribution >= 4 is 5.91 Å². The van der Waals surface area contributed by atoms with E-state index in [-0.39, 0.29) is 24.7 Å². The molecule has 1 aliphatic heterocycles. The second-order valence-electron chi connectivity index (χ2n) is 6.80. The van der Waals surface area contributed by atoms with Crippen molar-refractivity contribution in [3.63, 3.8) is 0 Å². The molecular weight excluding hydrogens is 294 g/mol. The first-order chi connectivity index (χ1) is 11.1. The smallest absolute Gasteiger partial charge is 0.288 e. The average Bonchev–Trinajstić information content (AvgIpc) is 2.58. The molecule has 0 unspecified atom stereocenters. The van der Waals surface area contributed by atoms with E-state index < -0.39 is 0 Å². The third kappa shape index (κ3) is 5.50. The first kappa shape index (κ1) is 18.3. The van der Waals surface area contributed by atoms with Crippen molar-refractivity contribution < 1.29 is 19.4 Å². The molecule has 5 nitrogen and oxygen atoms in total. The van der Waals surface area contributed by atoms with Gasteiger partial charge < -0.3 is 19.5 Å². The van der Waals surface area contributed by atoms with Gasteiger partial charge in [0.2, 0.25) is 6.29 Å². The summed E-state index contributed by atoms with van der Waals surface area (Å²) in [5.74, 6) is 0.682. The number of ether oxygens (including phenoxy) is 2. The Hall–Kier alpha value is -1.07. The highest BCUT2D eigenvalue weighted by Gasteiger charge is 2.30. The van der Waals surface area contributed by atoms with Crippen LogP contribution in [0.1, 0.15) is 58.3 Å². The van der Waals surface area contributed by atoms with Crippen LogP contribution in [-0.4, -0.2) is 48.5 Å². The molecule has 1 saturated carbocycles. The summed E-state index contributed by atoms with van der Waals surface area (Å²) in [6, 6.07) is 0.335. The zero-order valence-corrected chi connectivity index (χ0v) is 14.5. The van der Waals surface area contributed by atoms with Crippen LogP contribution in [0.2, 0.25) is 0 Å². The van der Waals surface area contributed by atoms with E-state index in [1.54, 1.807) is 0 Å². The molecule has 0 spiro atoms. The fourth-order valence-corrected chi connectivity index (χ4v) is 3.32. The van der Waals surface area contributed by atoms with E-state index in [0.29, 0.717) is 18.4 Å². The van der Waals surface area contributed by atoms with Gasteiger partial charge in [0.1, 0.15) is 0 Å². The Balaban J connectivity index is 1.88. The molecule has 0 aromatic heterocycles. The summed E-state index contributed by atoms with van der Waals surface area (Å²) >= 11 is 0. The number of carbonyl (C=O) groups excluding carboxylic acids is 1. The first-order valence-electron chi connectivity index (χ1n) is 9.00. The molecule has 2 rings (SSSR count). The normalized spacial score (nSPS) is 25.6. The number of amides is 1. The number of rotatable bonds is 7. The van der Waals surface area contributed by atoms with Crippen LogP contribution >= 0.6 is 0 Å². The van der Waals surface area contributed by atoms with Crippen LogP contribution in [0.15, 0.2) is 11.8 Å². The Morgan fingerprint density at radius 1 is 1.35 bits per heavy atom. The zero-order chi connectivity index (χ0) is 16.7. The summed E-state index contributed by atoms with van der Waals surface area (Å²) in [5.41, 5.74) is 0. The molecule has 1 N–H and O–H groups in total. The summed E-state index contributed by atoms with van der Waals surface area (Å²) < 4.78 is 11.5. The minimum Gasteiger partial charge on any atom is -0.459 e. The van der Waals surface area contributed by atoms with Gasteiger partial charge in [0, 0.05) is 26.1 Å². The van der Waals surface area contributed by atoms with Crippen LogP contribution in [0.4, 0.5) is 0 Å². The summed E-state index contributed by atoms with van der Waals surface area (Å²) in [7, 11) is 1.89. The van der Waals surface area contributed by atoms with Gasteiger partial charge in [-0.25, -0.2) is 0 Å². The van der Waals surface area contributed by atoms with Crippen LogP contribution in [0.3, 0.4) is 0 Å². The van der Waals surface area contributed by atoms with Gasteiger partial charge in [-0.15, -0.1) is 0 Å². The van der Waals surface area contributed by atoms with Crippen LogP contribution in [0.25, 0.3) is 0 Å². The number of aliphatic hydroxyl groups is 1. The number of carbonyl (C=O) groups is 1. The lowest BCUT2D eigenvalue weighted by Gasteiger charge is -2.34. The predicted octanol–water partition coefficient (Wildman–Crippen LogP) is 2.83. The Labute approximate surface area is 139 Å². The Bertz CT molecular complexity index is 404. The third-order valence-electron chi connectivity index (χ3n) is 4.77. The van der Waals surface area contributed by atoms with Crippen LogP contribution in [0, 0.1) is 5.92 Å². The number of unbranched alkanes of at least 4 members (excludes halogenated alkanes) is 1. The van der Waals surface area contributed by atoms with Gasteiger partial charge in [-0.2, -0.15) is 0 Å². The highest BCUT2D eigenvalue weighted by atomic mass is 16.7. The molecule has 1 heterocycles. The molecule has 1 aliphatic carbocycles. The van der Waals surface area contributed by atoms with E-state index >= 15 is 0 Å². The zero-order valence-electron chi connectivity index (χ0n) is 14.5. The molecule has 23 heavy (non-hydrogen) atoms. The third-order valence-corrected chi connectivity index (χ3v) is 4.77. The summed E-state index contributed by atoms with van der Waals surface area (Å²) in [6.45, 7) is 2.82. The van der Waals surface area contributed by atoms with Crippen molar-refractivity contribution in [3.8, 4) is 0 Å². The SMILES string of the molecule is C[C@H]1C=C(C(=O)N(C)C2CCCCC2)O[C@@H](OCCCCO)C1. The molecule has 0 saturated heterocycles. The molecule has 5 heteroatoms. The monoisotopic (exact) mass is 325 g/mol. The molecule has 132 valence electrons. The Morgan fingerprint density at radius 3 is 2.78 bits per heavy atom. The Morgan fingerprint density at radius 2 is 2.09 bits per heavy atom. The number of allylic oxidation sites excluding steroid dienone is 1. The number of hydrogen-bond acceptors (Lipinski definition) is 4. The molecular formula is C18H31NO4. The van der Waals surface area contributed by atoms with E-state index in [2.05, 4.69) is 6.92 Å². The van der Waals surface area contributed by atoms with Crippen LogP contribution in [-0.2, 0) is 14.3 Å². The first-order valence-corrected chi connectivity index (χ1v) is 9.00. The van der Waals surface area contributed by atoms with Crippen molar-refractivity contribution in [2.24, 2.45) is 5.92 Å². The molecule has 1 amide bonds. The predicted molar refractivity (Wildman–Crippen MR) is 88.7 cm³/mol. The molecule has 0 aromatic rings. The van der Waals surface area contributed by atoms with Gasteiger partial charge >= 0.3 is 0 Å². The largest absolute Gasteiger partial charge is 0.459 e. The fraction of sp³-hybridized carbons (Fsp3) is 0.833. The topological polar surface area (TPSA) is 59.0 Å². The van der Waals surface area contributed by atoms with Gasteiger partial charge in [0.25, 0.3) is 5.91 Å². The maximum absolute atomic E-state index is 12.7. The van der Waals surface area contributed by atoms with Crippen molar-refractivity contribution in [3.05, 3.63) is 11.8 Å². The number of likely N-dealkylation sites (N-methyl/N-ethyl adjacent to an activating group) is 1. The molecule has 2 atom stereocenters. The van der Waals surface area contributed by atoms with Crippen molar-refractivity contribution in [1.29, 1.82) is 0 Å². The highest BCUT2D eigenvalue weighted by molar-refractivity contribution is 5.91. The summed E-state index contributed by atoms with van der Waals surface area (Å²) in [4.78, 5) is 14.6. The number of nitrogens with zero attached hydrogens (tertiary/aromatic N) is 1. The fourth-order valence-electron chi connectivity index (χ4n) is 3.32. The molecule has 2 aliphatic rings. The van der Waals surface area contributed by atoms with E-state index in [1.165, 1.54) is 19.3 Å². The minimum absolute atomic E-state index is 0.0209. The van der Waals surface area contributed by atoms with Gasteiger partial charge in [-0.05, 0) is 37.7 Å². The second-order valence-corrected chi connectivity index (χ2v) is 6.80. The number of hydrogen-bond donors (Lipinski definition) is 1. The van der Waals surface area contributed by atoms with E-state index in [9.17, 15) is 4.79 Å². The standard InChI is InChI=1S/C18H31NO4/c1-14-12-16(23-17(13-14)22-11-7-6-10-20)18(21)19(2)15-8-4-3-5-9-15/h12,14-15,17,20H,3-11,13H2,1-2H3/t14-,17+/m0/s1. The molecule has 0 radical (unpaired) electrons. The lowest BCUT2D eigenvalue weighted by Crippen LogP contribution is -2.41. The van der Waals surface area contributed by atoms with Gasteiger partial charge in [-0.3, -0.25) is 4.79 Å². The summed E-state index contributed by atoms with van der Waals surface area (Å²) in [6.07, 6.45) is 9.74. The Kier molecular flexibility index (Phi) is 7.37. The van der Waals surface area contributed by atoms with Crippen molar-refractivity contribution in [2.45, 2.75) is 70.6 Å². The van der Waals surface area contributed by atoms with E-state index in [0.717, 1.165) is 32.1 Å². The molecule has 1 fully saturated rings.